The van der Waals surface area contributed by atoms with Crippen LogP contribution in [0.15, 0.2) is 35.3 Å². The second kappa shape index (κ2) is 6.75. The molecule has 9 heteroatoms. The van der Waals surface area contributed by atoms with Crippen LogP contribution < -0.4 is 21.5 Å². The van der Waals surface area contributed by atoms with Gasteiger partial charge < -0.3 is 15.8 Å². The standard InChI is InChI=1S/C16H17F3N4O2/c17-16(18,19)25-13-7-12(23-6-5-14(20)22-15(23)24)4-3-11(13)9-21-8-10-1-2-10/h3-7,10,21H,1-2,8-9H2,(H2,20,22,24). The van der Waals surface area contributed by atoms with E-state index >= 15 is 0 Å². The van der Waals surface area contributed by atoms with E-state index in [0.29, 0.717) is 11.5 Å². The highest BCUT2D eigenvalue weighted by Crippen LogP contribution is 2.30. The van der Waals surface area contributed by atoms with E-state index in [1.54, 1.807) is 0 Å². The van der Waals surface area contributed by atoms with Gasteiger partial charge in [0.1, 0.15) is 11.6 Å². The zero-order valence-corrected chi connectivity index (χ0v) is 13.2. The molecule has 1 heterocycles. The van der Waals surface area contributed by atoms with Gasteiger partial charge in [0.25, 0.3) is 0 Å². The summed E-state index contributed by atoms with van der Waals surface area (Å²) in [6.45, 7) is 1.01. The number of ether oxygens (including phenoxy) is 1. The van der Waals surface area contributed by atoms with Crippen LogP contribution in [0.25, 0.3) is 5.69 Å². The molecule has 0 unspecified atom stereocenters. The maximum Gasteiger partial charge on any atom is 0.573 e. The van der Waals surface area contributed by atoms with Gasteiger partial charge in [-0.1, -0.05) is 6.07 Å². The minimum Gasteiger partial charge on any atom is -0.405 e. The number of hydrogen-bond donors (Lipinski definition) is 2. The topological polar surface area (TPSA) is 82.2 Å². The smallest absolute Gasteiger partial charge is 0.405 e. The first-order chi connectivity index (χ1) is 11.8. The summed E-state index contributed by atoms with van der Waals surface area (Å²) >= 11 is 0. The number of nitrogens with one attached hydrogen (secondary N) is 1. The van der Waals surface area contributed by atoms with Crippen molar-refractivity contribution in [1.29, 1.82) is 0 Å². The molecular weight excluding hydrogens is 337 g/mol. The molecule has 1 aliphatic carbocycles. The van der Waals surface area contributed by atoms with Gasteiger partial charge in [0.15, 0.2) is 0 Å². The molecule has 1 aromatic carbocycles. The number of halogens is 3. The van der Waals surface area contributed by atoms with Crippen LogP contribution in [-0.2, 0) is 6.54 Å². The Morgan fingerprint density at radius 2 is 2.08 bits per heavy atom. The van der Waals surface area contributed by atoms with Gasteiger partial charge in [0.05, 0.1) is 5.69 Å². The lowest BCUT2D eigenvalue weighted by atomic mass is 10.1. The highest BCUT2D eigenvalue weighted by Gasteiger charge is 2.32. The van der Waals surface area contributed by atoms with Crippen LogP contribution in [0.5, 0.6) is 5.75 Å². The van der Waals surface area contributed by atoms with Crippen LogP contribution in [-0.4, -0.2) is 22.5 Å². The summed E-state index contributed by atoms with van der Waals surface area (Å²) in [5, 5.41) is 3.12. The molecule has 134 valence electrons. The summed E-state index contributed by atoms with van der Waals surface area (Å²) in [5.41, 5.74) is 5.31. The van der Waals surface area contributed by atoms with Crippen molar-refractivity contribution in [2.75, 3.05) is 12.3 Å². The second-order valence-electron chi connectivity index (χ2n) is 5.92. The quantitative estimate of drug-likeness (QED) is 0.831. The monoisotopic (exact) mass is 354 g/mol. The fourth-order valence-electron chi connectivity index (χ4n) is 2.40. The number of nitrogens with two attached hydrogens (primary N) is 1. The van der Waals surface area contributed by atoms with Crippen LogP contribution in [0, 0.1) is 5.92 Å². The normalized spacial score (nSPS) is 14.5. The summed E-state index contributed by atoms with van der Waals surface area (Å²) in [6.07, 6.45) is -1.19. The summed E-state index contributed by atoms with van der Waals surface area (Å²) in [7, 11) is 0. The Balaban J connectivity index is 1.89. The molecule has 2 aromatic rings. The first kappa shape index (κ1) is 17.3. The average molecular weight is 354 g/mol. The molecule has 1 aromatic heterocycles. The lowest BCUT2D eigenvalue weighted by molar-refractivity contribution is -0.274. The highest BCUT2D eigenvalue weighted by molar-refractivity contribution is 5.45. The Morgan fingerprint density at radius 3 is 2.72 bits per heavy atom. The van der Waals surface area contributed by atoms with E-state index in [2.05, 4.69) is 15.0 Å². The van der Waals surface area contributed by atoms with Crippen molar-refractivity contribution in [3.8, 4) is 11.4 Å². The second-order valence-corrected chi connectivity index (χ2v) is 5.92. The van der Waals surface area contributed by atoms with Gasteiger partial charge in [0.2, 0.25) is 0 Å². The molecule has 3 N–H and O–H groups in total. The van der Waals surface area contributed by atoms with Crippen molar-refractivity contribution in [3.05, 3.63) is 46.5 Å². The van der Waals surface area contributed by atoms with Gasteiger partial charge in [-0.3, -0.25) is 4.57 Å². The molecule has 0 saturated heterocycles. The van der Waals surface area contributed by atoms with Gasteiger partial charge in [-0.05, 0) is 37.4 Å². The zero-order valence-electron chi connectivity index (χ0n) is 13.2. The predicted molar refractivity (Wildman–Crippen MR) is 85.4 cm³/mol. The number of benzene rings is 1. The number of anilines is 1. The molecule has 0 radical (unpaired) electrons. The van der Waals surface area contributed by atoms with Crippen molar-refractivity contribution in [2.24, 2.45) is 5.92 Å². The van der Waals surface area contributed by atoms with Crippen LogP contribution in [0.1, 0.15) is 18.4 Å². The van der Waals surface area contributed by atoms with Crippen molar-refractivity contribution >= 4 is 5.82 Å². The van der Waals surface area contributed by atoms with Crippen LogP contribution >= 0.6 is 0 Å². The number of alkyl halides is 3. The summed E-state index contributed by atoms with van der Waals surface area (Å²) < 4.78 is 43.4. The summed E-state index contributed by atoms with van der Waals surface area (Å²) in [4.78, 5) is 15.4. The molecule has 0 amide bonds. The van der Waals surface area contributed by atoms with E-state index in [1.807, 2.05) is 0 Å². The molecule has 1 fully saturated rings. The Hall–Kier alpha value is -2.55. The van der Waals surface area contributed by atoms with Crippen LogP contribution in [0.3, 0.4) is 0 Å². The van der Waals surface area contributed by atoms with Crippen molar-refractivity contribution < 1.29 is 17.9 Å². The Kier molecular flexibility index (Phi) is 4.67. The first-order valence-corrected chi connectivity index (χ1v) is 7.77. The minimum atomic E-state index is -4.83. The minimum absolute atomic E-state index is 0.0360. The van der Waals surface area contributed by atoms with Crippen molar-refractivity contribution in [1.82, 2.24) is 14.9 Å². The molecule has 6 nitrogen and oxygen atoms in total. The third-order valence-corrected chi connectivity index (χ3v) is 3.83. The Bertz CT molecular complexity index is 816. The van der Waals surface area contributed by atoms with E-state index in [4.69, 9.17) is 5.73 Å². The Labute approximate surface area is 141 Å². The van der Waals surface area contributed by atoms with Crippen LogP contribution in [0.4, 0.5) is 19.0 Å². The van der Waals surface area contributed by atoms with Crippen LogP contribution in [0.2, 0.25) is 0 Å². The van der Waals surface area contributed by atoms with Gasteiger partial charge in [-0.2, -0.15) is 4.98 Å². The van der Waals surface area contributed by atoms with E-state index in [1.165, 1.54) is 30.5 Å². The maximum atomic E-state index is 12.7. The number of nitrogens with zero attached hydrogens (tertiary/aromatic N) is 2. The van der Waals surface area contributed by atoms with Gasteiger partial charge in [-0.15, -0.1) is 13.2 Å². The molecule has 3 rings (SSSR count). The number of rotatable bonds is 6. The molecule has 1 aliphatic rings. The van der Waals surface area contributed by atoms with E-state index in [0.717, 1.165) is 24.0 Å². The predicted octanol–water partition coefficient (Wildman–Crippen LogP) is 2.21. The molecule has 0 spiro atoms. The average Bonchev–Trinajstić information content (AvgIpc) is 3.31. The largest absolute Gasteiger partial charge is 0.573 e. The van der Waals surface area contributed by atoms with Gasteiger partial charge in [-0.25, -0.2) is 4.79 Å². The number of nitrogen functional groups attached to an aromatic ring is 1. The molecular formula is C16H17F3N4O2. The molecule has 1 saturated carbocycles. The fraction of sp³-hybridized carbons (Fsp3) is 0.375. The molecule has 0 bridgehead atoms. The Morgan fingerprint density at radius 1 is 1.32 bits per heavy atom. The van der Waals surface area contributed by atoms with Crippen molar-refractivity contribution in [2.45, 2.75) is 25.7 Å². The maximum absolute atomic E-state index is 12.7. The fourth-order valence-corrected chi connectivity index (χ4v) is 2.40. The lowest BCUT2D eigenvalue weighted by Crippen LogP contribution is -2.23. The van der Waals surface area contributed by atoms with E-state index in [-0.39, 0.29) is 23.8 Å². The third-order valence-electron chi connectivity index (χ3n) is 3.83. The van der Waals surface area contributed by atoms with Gasteiger partial charge in [0, 0.05) is 24.4 Å². The van der Waals surface area contributed by atoms with Crippen molar-refractivity contribution in [3.63, 3.8) is 0 Å². The molecule has 0 atom stereocenters. The molecule has 0 aliphatic heterocycles. The van der Waals surface area contributed by atoms with E-state index < -0.39 is 12.1 Å². The third kappa shape index (κ3) is 4.72. The molecule has 25 heavy (non-hydrogen) atoms. The van der Waals surface area contributed by atoms with E-state index in [9.17, 15) is 18.0 Å². The lowest BCUT2D eigenvalue weighted by Gasteiger charge is -2.16. The SMILES string of the molecule is Nc1ccn(-c2ccc(CNCC3CC3)c(OC(F)(F)F)c2)c(=O)n1. The zero-order chi connectivity index (χ0) is 18.0. The number of hydrogen-bond acceptors (Lipinski definition) is 5. The first-order valence-electron chi connectivity index (χ1n) is 7.77. The number of aromatic nitrogens is 2. The van der Waals surface area contributed by atoms with Gasteiger partial charge >= 0.3 is 12.1 Å². The summed E-state index contributed by atoms with van der Waals surface area (Å²) in [5.74, 6) is 0.289. The highest BCUT2D eigenvalue weighted by atomic mass is 19.4. The summed E-state index contributed by atoms with van der Waals surface area (Å²) in [6, 6.07) is 5.59.